The number of alkyl halides is 2. The zero-order chi connectivity index (χ0) is 7.28. The summed E-state index contributed by atoms with van der Waals surface area (Å²) in [4.78, 5) is 0. The zero-order valence-electron chi connectivity index (χ0n) is 5.43. The standard InChI is InChI=1S/C5H10F2O2/c1-3-9-5(8-2)4(6)7/h4-5H,3H2,1-2H3. The van der Waals surface area contributed by atoms with E-state index in [0.29, 0.717) is 0 Å². The molecule has 1 atom stereocenters. The van der Waals surface area contributed by atoms with Crippen molar-refractivity contribution in [1.82, 2.24) is 0 Å². The molecule has 0 saturated heterocycles. The van der Waals surface area contributed by atoms with E-state index in [2.05, 4.69) is 9.47 Å². The summed E-state index contributed by atoms with van der Waals surface area (Å²) >= 11 is 0. The summed E-state index contributed by atoms with van der Waals surface area (Å²) in [7, 11) is 1.19. The summed E-state index contributed by atoms with van der Waals surface area (Å²) in [5.74, 6) is 0. The molecular formula is C5H10F2O2. The molecule has 0 fully saturated rings. The van der Waals surface area contributed by atoms with Crippen LogP contribution in [0.3, 0.4) is 0 Å². The molecule has 0 aliphatic rings. The van der Waals surface area contributed by atoms with Crippen LogP contribution in [0, 0.1) is 0 Å². The number of ether oxygens (including phenoxy) is 2. The van der Waals surface area contributed by atoms with Crippen LogP contribution in [-0.2, 0) is 9.47 Å². The molecule has 56 valence electrons. The molecule has 2 nitrogen and oxygen atoms in total. The first-order valence-corrected chi connectivity index (χ1v) is 2.65. The van der Waals surface area contributed by atoms with E-state index >= 15 is 0 Å². The molecule has 4 heteroatoms. The summed E-state index contributed by atoms with van der Waals surface area (Å²) in [6.07, 6.45) is -3.93. The molecule has 0 saturated carbocycles. The lowest BCUT2D eigenvalue weighted by Crippen LogP contribution is -2.23. The van der Waals surface area contributed by atoms with Crippen molar-refractivity contribution < 1.29 is 18.3 Å². The molecule has 0 heterocycles. The van der Waals surface area contributed by atoms with E-state index in [1.165, 1.54) is 7.11 Å². The van der Waals surface area contributed by atoms with Gasteiger partial charge in [-0.05, 0) is 6.92 Å². The van der Waals surface area contributed by atoms with Gasteiger partial charge in [-0.2, -0.15) is 0 Å². The van der Waals surface area contributed by atoms with Gasteiger partial charge in [0.05, 0.1) is 0 Å². The summed E-state index contributed by atoms with van der Waals surface area (Å²) in [5.41, 5.74) is 0. The monoisotopic (exact) mass is 140 g/mol. The smallest absolute Gasteiger partial charge is 0.288 e. The Morgan fingerprint density at radius 2 is 2.00 bits per heavy atom. The van der Waals surface area contributed by atoms with Gasteiger partial charge in [0.2, 0.25) is 6.29 Å². The molecule has 0 aliphatic heterocycles. The van der Waals surface area contributed by atoms with Crippen molar-refractivity contribution in [2.75, 3.05) is 13.7 Å². The molecular weight excluding hydrogens is 130 g/mol. The van der Waals surface area contributed by atoms with Crippen LogP contribution in [0.1, 0.15) is 6.92 Å². The van der Waals surface area contributed by atoms with Gasteiger partial charge in [-0.3, -0.25) is 0 Å². The molecule has 0 amide bonds. The van der Waals surface area contributed by atoms with E-state index in [1.54, 1.807) is 6.92 Å². The van der Waals surface area contributed by atoms with E-state index in [4.69, 9.17) is 0 Å². The predicted octanol–water partition coefficient (Wildman–Crippen LogP) is 1.26. The van der Waals surface area contributed by atoms with Crippen molar-refractivity contribution >= 4 is 0 Å². The van der Waals surface area contributed by atoms with Crippen molar-refractivity contribution in [3.63, 3.8) is 0 Å². The highest BCUT2D eigenvalue weighted by Crippen LogP contribution is 2.04. The summed E-state index contributed by atoms with van der Waals surface area (Å²) in [6, 6.07) is 0. The van der Waals surface area contributed by atoms with Crippen LogP contribution < -0.4 is 0 Å². The Hall–Kier alpha value is -0.220. The molecule has 0 aromatic heterocycles. The predicted molar refractivity (Wildman–Crippen MR) is 28.4 cm³/mol. The van der Waals surface area contributed by atoms with Crippen molar-refractivity contribution in [3.05, 3.63) is 0 Å². The van der Waals surface area contributed by atoms with Crippen LogP contribution in [-0.4, -0.2) is 26.4 Å². The highest BCUT2D eigenvalue weighted by molar-refractivity contribution is 4.43. The SMILES string of the molecule is CCOC(OC)C(F)F. The maximum Gasteiger partial charge on any atom is 0.288 e. The first-order chi connectivity index (χ1) is 4.22. The number of rotatable bonds is 4. The Kier molecular flexibility index (Phi) is 4.53. The quantitative estimate of drug-likeness (QED) is 0.547. The van der Waals surface area contributed by atoms with Gasteiger partial charge in [-0.1, -0.05) is 0 Å². The summed E-state index contributed by atoms with van der Waals surface area (Å²) in [5, 5.41) is 0. The minimum atomic E-state index is -2.56. The van der Waals surface area contributed by atoms with Crippen LogP contribution >= 0.6 is 0 Å². The Morgan fingerprint density at radius 3 is 2.11 bits per heavy atom. The molecule has 0 aromatic carbocycles. The van der Waals surface area contributed by atoms with Crippen molar-refractivity contribution in [1.29, 1.82) is 0 Å². The van der Waals surface area contributed by atoms with Crippen LogP contribution in [0.2, 0.25) is 0 Å². The fourth-order valence-corrected chi connectivity index (χ4v) is 0.408. The second-order valence-corrected chi connectivity index (χ2v) is 1.39. The number of hydrogen-bond donors (Lipinski definition) is 0. The van der Waals surface area contributed by atoms with E-state index in [9.17, 15) is 8.78 Å². The first-order valence-electron chi connectivity index (χ1n) is 2.65. The van der Waals surface area contributed by atoms with Crippen LogP contribution in [0.4, 0.5) is 8.78 Å². The minimum Gasteiger partial charge on any atom is -0.351 e. The van der Waals surface area contributed by atoms with Crippen molar-refractivity contribution in [3.8, 4) is 0 Å². The second kappa shape index (κ2) is 4.64. The maximum atomic E-state index is 11.6. The Morgan fingerprint density at radius 1 is 1.44 bits per heavy atom. The normalized spacial score (nSPS) is 14.3. The Balaban J connectivity index is 3.41. The van der Waals surface area contributed by atoms with E-state index in [0.717, 1.165) is 0 Å². The van der Waals surface area contributed by atoms with Gasteiger partial charge in [0.1, 0.15) is 0 Å². The number of hydrogen-bond acceptors (Lipinski definition) is 2. The third-order valence-corrected chi connectivity index (χ3v) is 0.769. The van der Waals surface area contributed by atoms with Crippen molar-refractivity contribution in [2.24, 2.45) is 0 Å². The molecule has 0 aliphatic carbocycles. The molecule has 0 bridgehead atoms. The highest BCUT2D eigenvalue weighted by atomic mass is 19.3. The minimum absolute atomic E-state index is 0.239. The van der Waals surface area contributed by atoms with Gasteiger partial charge in [-0.25, -0.2) is 8.78 Å². The number of halogens is 2. The third-order valence-electron chi connectivity index (χ3n) is 0.769. The molecule has 0 aromatic rings. The molecule has 0 N–H and O–H groups in total. The average Bonchev–Trinajstić information content (AvgIpc) is 1.82. The van der Waals surface area contributed by atoms with Crippen LogP contribution in [0.5, 0.6) is 0 Å². The van der Waals surface area contributed by atoms with Gasteiger partial charge in [-0.15, -0.1) is 0 Å². The van der Waals surface area contributed by atoms with E-state index in [1.807, 2.05) is 0 Å². The lowest BCUT2D eigenvalue weighted by atomic mass is 10.6. The topological polar surface area (TPSA) is 18.5 Å². The van der Waals surface area contributed by atoms with Gasteiger partial charge in [0.25, 0.3) is 6.43 Å². The molecule has 9 heavy (non-hydrogen) atoms. The van der Waals surface area contributed by atoms with E-state index < -0.39 is 12.7 Å². The van der Waals surface area contributed by atoms with Gasteiger partial charge in [0.15, 0.2) is 0 Å². The van der Waals surface area contributed by atoms with Crippen molar-refractivity contribution in [2.45, 2.75) is 19.6 Å². The lowest BCUT2D eigenvalue weighted by Gasteiger charge is -2.12. The zero-order valence-corrected chi connectivity index (χ0v) is 5.43. The maximum absolute atomic E-state index is 11.6. The number of methoxy groups -OCH3 is 1. The van der Waals surface area contributed by atoms with Crippen LogP contribution in [0.25, 0.3) is 0 Å². The fourth-order valence-electron chi connectivity index (χ4n) is 0.408. The van der Waals surface area contributed by atoms with Gasteiger partial charge >= 0.3 is 0 Å². The second-order valence-electron chi connectivity index (χ2n) is 1.39. The molecule has 1 unspecified atom stereocenters. The lowest BCUT2D eigenvalue weighted by molar-refractivity contribution is -0.189. The Bertz CT molecular complexity index is 68.0. The van der Waals surface area contributed by atoms with Gasteiger partial charge < -0.3 is 9.47 Å². The fraction of sp³-hybridized carbons (Fsp3) is 1.00. The summed E-state index contributed by atoms with van der Waals surface area (Å²) < 4.78 is 32.0. The van der Waals surface area contributed by atoms with E-state index in [-0.39, 0.29) is 6.61 Å². The molecule has 0 spiro atoms. The highest BCUT2D eigenvalue weighted by Gasteiger charge is 2.18. The van der Waals surface area contributed by atoms with Gasteiger partial charge in [0, 0.05) is 13.7 Å². The first kappa shape index (κ1) is 8.78. The Labute approximate surface area is 52.8 Å². The average molecular weight is 140 g/mol. The molecule has 0 radical (unpaired) electrons. The molecule has 0 rings (SSSR count). The van der Waals surface area contributed by atoms with Crippen LogP contribution in [0.15, 0.2) is 0 Å². The largest absolute Gasteiger partial charge is 0.351 e. The summed E-state index contributed by atoms with van der Waals surface area (Å²) in [6.45, 7) is 1.87. The third kappa shape index (κ3) is 3.37.